The number of hydrogen-bond donors (Lipinski definition) is 3. The van der Waals surface area contributed by atoms with E-state index in [1.165, 1.54) is 23.5 Å². The average molecular weight is 312 g/mol. The van der Waals surface area contributed by atoms with E-state index in [-0.39, 0.29) is 16.7 Å². The normalized spacial score (nSPS) is 10.3. The molecule has 20 heavy (non-hydrogen) atoms. The predicted octanol–water partition coefficient (Wildman–Crippen LogP) is 2.99. The number of hydrogen-bond acceptors (Lipinski definition) is 5. The molecular formula is C11H10ClN5O2S. The van der Waals surface area contributed by atoms with Gasteiger partial charge in [-0.3, -0.25) is 15.5 Å². The lowest BCUT2D eigenvalue weighted by molar-refractivity contribution is -0.384. The van der Waals surface area contributed by atoms with Crippen LogP contribution in [0.3, 0.4) is 0 Å². The number of anilines is 1. The number of guanidine groups is 1. The van der Waals surface area contributed by atoms with Gasteiger partial charge in [0.1, 0.15) is 5.02 Å². The van der Waals surface area contributed by atoms with Crippen LogP contribution in [0.4, 0.5) is 10.8 Å². The van der Waals surface area contributed by atoms with Gasteiger partial charge in [0.05, 0.1) is 15.5 Å². The zero-order valence-electron chi connectivity index (χ0n) is 10.3. The van der Waals surface area contributed by atoms with Gasteiger partial charge in [0.25, 0.3) is 5.69 Å². The third-order valence-electron chi connectivity index (χ3n) is 2.44. The zero-order valence-corrected chi connectivity index (χ0v) is 11.9. The predicted molar refractivity (Wildman–Crippen MR) is 79.5 cm³/mol. The topological polar surface area (TPSA) is 118 Å². The third-order valence-corrected chi connectivity index (χ3v) is 3.88. The summed E-state index contributed by atoms with van der Waals surface area (Å²) in [6.45, 7) is 1.78. The Morgan fingerprint density at radius 2 is 2.30 bits per heavy atom. The van der Waals surface area contributed by atoms with Gasteiger partial charge in [-0.2, -0.15) is 0 Å². The average Bonchev–Trinajstić information content (AvgIpc) is 2.69. The number of nitrogens with two attached hydrogens (primary N) is 1. The highest BCUT2D eigenvalue weighted by atomic mass is 35.5. The van der Waals surface area contributed by atoms with Gasteiger partial charge in [-0.25, -0.2) is 4.98 Å². The van der Waals surface area contributed by atoms with Crippen molar-refractivity contribution in [2.75, 3.05) is 5.32 Å². The van der Waals surface area contributed by atoms with Gasteiger partial charge in [-0.15, -0.1) is 0 Å². The van der Waals surface area contributed by atoms with E-state index in [1.54, 1.807) is 13.0 Å². The molecule has 0 radical (unpaired) electrons. The molecule has 9 heteroatoms. The highest BCUT2D eigenvalue weighted by Crippen LogP contribution is 2.36. The van der Waals surface area contributed by atoms with Gasteiger partial charge >= 0.3 is 0 Å². The molecule has 0 saturated heterocycles. The fraction of sp³-hybridized carbons (Fsp3) is 0.0909. The first-order chi connectivity index (χ1) is 9.38. The number of halogens is 1. The summed E-state index contributed by atoms with van der Waals surface area (Å²) < 4.78 is 0. The zero-order chi connectivity index (χ0) is 14.9. The van der Waals surface area contributed by atoms with Gasteiger partial charge in [0, 0.05) is 11.6 Å². The molecule has 0 amide bonds. The van der Waals surface area contributed by atoms with Crippen molar-refractivity contribution in [2.24, 2.45) is 5.73 Å². The molecule has 0 aliphatic carbocycles. The standard InChI is InChI=1S/C11H10ClN5O2S/c1-5-9(20-11(15-5)16-10(13)14)6-2-3-7(12)8(4-6)17(18)19/h2-4H,1H3,(H4,13,14,15,16). The van der Waals surface area contributed by atoms with E-state index in [4.69, 9.17) is 22.7 Å². The molecule has 0 saturated carbocycles. The van der Waals surface area contributed by atoms with Crippen LogP contribution in [-0.4, -0.2) is 15.9 Å². The van der Waals surface area contributed by atoms with Crippen LogP contribution in [0.1, 0.15) is 5.69 Å². The van der Waals surface area contributed by atoms with Gasteiger partial charge in [-0.05, 0) is 13.0 Å². The summed E-state index contributed by atoms with van der Waals surface area (Å²) in [5.74, 6) is -0.215. The van der Waals surface area contributed by atoms with Gasteiger partial charge < -0.3 is 11.1 Å². The van der Waals surface area contributed by atoms with Crippen molar-refractivity contribution in [1.29, 1.82) is 5.41 Å². The Morgan fingerprint density at radius 1 is 1.60 bits per heavy atom. The van der Waals surface area contributed by atoms with Gasteiger partial charge in [0.15, 0.2) is 11.1 Å². The van der Waals surface area contributed by atoms with E-state index in [0.717, 1.165) is 4.88 Å². The fourth-order valence-electron chi connectivity index (χ4n) is 1.63. The van der Waals surface area contributed by atoms with Crippen LogP contribution in [0.2, 0.25) is 5.02 Å². The van der Waals surface area contributed by atoms with E-state index in [9.17, 15) is 10.1 Å². The van der Waals surface area contributed by atoms with Crippen molar-refractivity contribution in [3.63, 3.8) is 0 Å². The minimum absolute atomic E-state index is 0.0861. The number of thiazole rings is 1. The first-order valence-corrected chi connectivity index (χ1v) is 6.60. The molecule has 0 unspecified atom stereocenters. The largest absolute Gasteiger partial charge is 0.370 e. The number of nitrogens with one attached hydrogen (secondary N) is 2. The third kappa shape index (κ3) is 2.86. The molecule has 4 N–H and O–H groups in total. The highest BCUT2D eigenvalue weighted by Gasteiger charge is 2.16. The second-order valence-electron chi connectivity index (χ2n) is 3.90. The van der Waals surface area contributed by atoms with Gasteiger partial charge in [-0.1, -0.05) is 29.0 Å². The smallest absolute Gasteiger partial charge is 0.288 e. The van der Waals surface area contributed by atoms with E-state index in [2.05, 4.69) is 10.3 Å². The Morgan fingerprint density at radius 3 is 2.90 bits per heavy atom. The second kappa shape index (κ2) is 5.43. The number of rotatable bonds is 3. The maximum Gasteiger partial charge on any atom is 0.288 e. The maximum atomic E-state index is 10.9. The summed E-state index contributed by atoms with van der Waals surface area (Å²) in [7, 11) is 0. The van der Waals surface area contributed by atoms with Crippen LogP contribution in [0.25, 0.3) is 10.4 Å². The molecule has 7 nitrogen and oxygen atoms in total. The Hall–Kier alpha value is -2.19. The number of nitro groups is 1. The van der Waals surface area contributed by atoms with Crippen molar-refractivity contribution >= 4 is 39.7 Å². The Bertz CT molecular complexity index is 700. The minimum atomic E-state index is -0.531. The molecule has 2 aromatic rings. The SMILES string of the molecule is Cc1nc(NC(=N)N)sc1-c1ccc(Cl)c([N+](=O)[O-])c1. The molecule has 1 aromatic carbocycles. The van der Waals surface area contributed by atoms with Crippen molar-refractivity contribution in [3.8, 4) is 10.4 Å². The van der Waals surface area contributed by atoms with Crippen molar-refractivity contribution in [3.05, 3.63) is 39.0 Å². The van der Waals surface area contributed by atoms with Gasteiger partial charge in [0.2, 0.25) is 0 Å². The molecular weight excluding hydrogens is 302 g/mol. The fourth-order valence-corrected chi connectivity index (χ4v) is 2.79. The molecule has 0 fully saturated rings. The molecule has 0 atom stereocenters. The first kappa shape index (κ1) is 14.2. The van der Waals surface area contributed by atoms with Crippen LogP contribution >= 0.6 is 22.9 Å². The molecule has 1 aromatic heterocycles. The second-order valence-corrected chi connectivity index (χ2v) is 5.30. The molecule has 1 heterocycles. The number of nitrogens with zero attached hydrogens (tertiary/aromatic N) is 2. The number of benzene rings is 1. The minimum Gasteiger partial charge on any atom is -0.370 e. The van der Waals surface area contributed by atoms with Crippen molar-refractivity contribution in [1.82, 2.24) is 4.98 Å². The molecule has 0 aliphatic heterocycles. The summed E-state index contributed by atoms with van der Waals surface area (Å²) in [5, 5.41) is 21.2. The molecule has 104 valence electrons. The summed E-state index contributed by atoms with van der Waals surface area (Å²) in [5.41, 5.74) is 6.42. The summed E-state index contributed by atoms with van der Waals surface area (Å²) in [6.07, 6.45) is 0. The monoisotopic (exact) mass is 311 g/mol. The van der Waals surface area contributed by atoms with E-state index >= 15 is 0 Å². The van der Waals surface area contributed by atoms with Crippen molar-refractivity contribution < 1.29 is 4.92 Å². The van der Waals surface area contributed by atoms with E-state index in [0.29, 0.717) is 16.4 Å². The van der Waals surface area contributed by atoms with E-state index in [1.807, 2.05) is 0 Å². The Balaban J connectivity index is 2.46. The van der Waals surface area contributed by atoms with Crippen LogP contribution in [0.15, 0.2) is 18.2 Å². The summed E-state index contributed by atoms with van der Waals surface area (Å²) in [6, 6.07) is 4.57. The lowest BCUT2D eigenvalue weighted by Crippen LogP contribution is -2.20. The number of nitro benzene ring substituents is 1. The number of aryl methyl sites for hydroxylation is 1. The van der Waals surface area contributed by atoms with Crippen LogP contribution in [0.5, 0.6) is 0 Å². The molecule has 2 rings (SSSR count). The van der Waals surface area contributed by atoms with Crippen LogP contribution in [0, 0.1) is 22.4 Å². The highest BCUT2D eigenvalue weighted by molar-refractivity contribution is 7.19. The lowest BCUT2D eigenvalue weighted by Gasteiger charge is -2.00. The molecule has 0 spiro atoms. The number of aromatic nitrogens is 1. The van der Waals surface area contributed by atoms with Crippen LogP contribution in [-0.2, 0) is 0 Å². The maximum absolute atomic E-state index is 10.9. The lowest BCUT2D eigenvalue weighted by atomic mass is 10.1. The summed E-state index contributed by atoms with van der Waals surface area (Å²) in [4.78, 5) is 15.3. The Kier molecular flexibility index (Phi) is 3.86. The summed E-state index contributed by atoms with van der Waals surface area (Å²) >= 11 is 7.04. The molecule has 0 aliphatic rings. The van der Waals surface area contributed by atoms with Crippen molar-refractivity contribution in [2.45, 2.75) is 6.92 Å². The quantitative estimate of drug-likeness (QED) is 0.348. The molecule has 0 bridgehead atoms. The van der Waals surface area contributed by atoms with E-state index < -0.39 is 4.92 Å². The Labute approximate surface area is 123 Å². The van der Waals surface area contributed by atoms with Crippen LogP contribution < -0.4 is 11.1 Å². The first-order valence-electron chi connectivity index (χ1n) is 5.41.